The van der Waals surface area contributed by atoms with E-state index in [9.17, 15) is 18.0 Å². The van der Waals surface area contributed by atoms with Crippen LogP contribution >= 0.6 is 0 Å². The number of Topliss-reactive ketones (excluding diaryl/α,β-unsaturated/α-hetero) is 1. The summed E-state index contributed by atoms with van der Waals surface area (Å²) in [6.45, 7) is 1.96. The summed E-state index contributed by atoms with van der Waals surface area (Å²) in [7, 11) is 0. The maximum atomic E-state index is 12.2. The molecule has 0 amide bonds. The summed E-state index contributed by atoms with van der Waals surface area (Å²) in [6, 6.07) is 4.36. The highest BCUT2D eigenvalue weighted by Crippen LogP contribution is 2.29. The van der Waals surface area contributed by atoms with Crippen LogP contribution in [0.15, 0.2) is 24.3 Å². The average molecular weight is 230 g/mol. The normalized spacial score (nSPS) is 11.5. The van der Waals surface area contributed by atoms with E-state index in [1.807, 2.05) is 6.92 Å². The Morgan fingerprint density at radius 3 is 2.19 bits per heavy atom. The molecule has 1 aromatic rings. The zero-order valence-corrected chi connectivity index (χ0v) is 8.97. The molecular weight excluding hydrogens is 217 g/mol. The SMILES string of the molecule is CCCCC(=O)c1ccc(C(F)(F)F)cc1. The summed E-state index contributed by atoms with van der Waals surface area (Å²) < 4.78 is 36.7. The molecule has 16 heavy (non-hydrogen) atoms. The van der Waals surface area contributed by atoms with Crippen LogP contribution in [0.25, 0.3) is 0 Å². The summed E-state index contributed by atoms with van der Waals surface area (Å²) in [6.07, 6.45) is -2.29. The minimum atomic E-state index is -4.34. The Bertz CT molecular complexity index is 352. The summed E-state index contributed by atoms with van der Waals surface area (Å²) in [5, 5.41) is 0. The molecule has 88 valence electrons. The molecular formula is C12H13F3O. The molecule has 0 bridgehead atoms. The number of carbonyl (C=O) groups excluding carboxylic acids is 1. The smallest absolute Gasteiger partial charge is 0.294 e. The van der Waals surface area contributed by atoms with Crippen molar-refractivity contribution in [2.45, 2.75) is 32.4 Å². The molecule has 0 spiro atoms. The fraction of sp³-hybridized carbons (Fsp3) is 0.417. The molecule has 0 aromatic heterocycles. The van der Waals surface area contributed by atoms with E-state index in [0.29, 0.717) is 12.0 Å². The zero-order valence-electron chi connectivity index (χ0n) is 8.97. The van der Waals surface area contributed by atoms with Crippen molar-refractivity contribution in [1.82, 2.24) is 0 Å². The lowest BCUT2D eigenvalue weighted by Gasteiger charge is -2.06. The monoisotopic (exact) mass is 230 g/mol. The summed E-state index contributed by atoms with van der Waals surface area (Å²) in [5.74, 6) is -0.101. The van der Waals surface area contributed by atoms with Crippen LogP contribution in [0, 0.1) is 0 Å². The summed E-state index contributed by atoms with van der Waals surface area (Å²) in [4.78, 5) is 11.5. The van der Waals surface area contributed by atoms with Crippen LogP contribution < -0.4 is 0 Å². The van der Waals surface area contributed by atoms with Crippen molar-refractivity contribution in [2.24, 2.45) is 0 Å². The highest BCUT2D eigenvalue weighted by molar-refractivity contribution is 5.96. The molecule has 0 aliphatic heterocycles. The quantitative estimate of drug-likeness (QED) is 0.712. The third-order valence-electron chi connectivity index (χ3n) is 2.29. The van der Waals surface area contributed by atoms with E-state index in [2.05, 4.69) is 0 Å². The minimum Gasteiger partial charge on any atom is -0.294 e. The number of hydrogen-bond donors (Lipinski definition) is 0. The van der Waals surface area contributed by atoms with Crippen molar-refractivity contribution in [1.29, 1.82) is 0 Å². The Balaban J connectivity index is 2.75. The van der Waals surface area contributed by atoms with Gasteiger partial charge in [-0.25, -0.2) is 0 Å². The Hall–Kier alpha value is -1.32. The van der Waals surface area contributed by atoms with Gasteiger partial charge in [0.15, 0.2) is 5.78 Å². The Morgan fingerprint density at radius 2 is 1.75 bits per heavy atom. The van der Waals surface area contributed by atoms with Gasteiger partial charge in [-0.2, -0.15) is 13.2 Å². The summed E-state index contributed by atoms with van der Waals surface area (Å²) >= 11 is 0. The number of ketones is 1. The Morgan fingerprint density at radius 1 is 1.19 bits per heavy atom. The third kappa shape index (κ3) is 3.36. The first-order valence-corrected chi connectivity index (χ1v) is 5.15. The number of unbranched alkanes of at least 4 members (excludes halogenated alkanes) is 1. The molecule has 0 fully saturated rings. The van der Waals surface area contributed by atoms with Gasteiger partial charge in [-0.15, -0.1) is 0 Å². The van der Waals surface area contributed by atoms with E-state index >= 15 is 0 Å². The first-order chi connectivity index (χ1) is 7.45. The molecule has 0 heterocycles. The van der Waals surface area contributed by atoms with Crippen LogP contribution in [0.3, 0.4) is 0 Å². The first-order valence-electron chi connectivity index (χ1n) is 5.15. The van der Waals surface area contributed by atoms with Gasteiger partial charge < -0.3 is 0 Å². The van der Waals surface area contributed by atoms with E-state index < -0.39 is 11.7 Å². The summed E-state index contributed by atoms with van der Waals surface area (Å²) in [5.41, 5.74) is -0.374. The van der Waals surface area contributed by atoms with E-state index in [1.165, 1.54) is 12.1 Å². The van der Waals surface area contributed by atoms with Gasteiger partial charge in [0, 0.05) is 12.0 Å². The van der Waals surface area contributed by atoms with E-state index in [0.717, 1.165) is 25.0 Å². The number of halogens is 3. The van der Waals surface area contributed by atoms with Gasteiger partial charge >= 0.3 is 6.18 Å². The molecule has 0 unspecified atom stereocenters. The fourth-order valence-corrected chi connectivity index (χ4v) is 1.33. The van der Waals surface area contributed by atoms with Crippen LogP contribution in [0.1, 0.15) is 42.1 Å². The van der Waals surface area contributed by atoms with Crippen molar-refractivity contribution in [2.75, 3.05) is 0 Å². The molecule has 1 nitrogen and oxygen atoms in total. The highest BCUT2D eigenvalue weighted by atomic mass is 19.4. The second-order valence-corrected chi connectivity index (χ2v) is 3.60. The van der Waals surface area contributed by atoms with Gasteiger partial charge in [-0.1, -0.05) is 25.5 Å². The molecule has 0 saturated carbocycles. The third-order valence-corrected chi connectivity index (χ3v) is 2.29. The Kier molecular flexibility index (Phi) is 4.10. The number of rotatable bonds is 4. The fourth-order valence-electron chi connectivity index (χ4n) is 1.33. The van der Waals surface area contributed by atoms with Gasteiger partial charge in [-0.05, 0) is 18.6 Å². The standard InChI is InChI=1S/C12H13F3O/c1-2-3-4-11(16)9-5-7-10(8-6-9)12(13,14)15/h5-8H,2-4H2,1H3. The number of benzene rings is 1. The maximum Gasteiger partial charge on any atom is 0.416 e. The Labute approximate surface area is 92.3 Å². The zero-order chi connectivity index (χ0) is 12.2. The molecule has 1 rings (SSSR count). The highest BCUT2D eigenvalue weighted by Gasteiger charge is 2.30. The average Bonchev–Trinajstić information content (AvgIpc) is 2.25. The number of alkyl halides is 3. The van der Waals surface area contributed by atoms with Crippen molar-refractivity contribution in [3.63, 3.8) is 0 Å². The molecule has 0 atom stereocenters. The molecule has 0 aliphatic rings. The molecule has 0 aliphatic carbocycles. The topological polar surface area (TPSA) is 17.1 Å². The lowest BCUT2D eigenvalue weighted by Crippen LogP contribution is -2.06. The van der Waals surface area contributed by atoms with Crippen molar-refractivity contribution in [3.8, 4) is 0 Å². The van der Waals surface area contributed by atoms with Gasteiger partial charge in [0.2, 0.25) is 0 Å². The van der Waals surface area contributed by atoms with Gasteiger partial charge in [0.05, 0.1) is 5.56 Å². The van der Waals surface area contributed by atoms with Crippen molar-refractivity contribution in [3.05, 3.63) is 35.4 Å². The molecule has 4 heteroatoms. The van der Waals surface area contributed by atoms with Gasteiger partial charge in [0.1, 0.15) is 0 Å². The van der Waals surface area contributed by atoms with Crippen LogP contribution in [0.5, 0.6) is 0 Å². The number of hydrogen-bond acceptors (Lipinski definition) is 1. The van der Waals surface area contributed by atoms with E-state index in [1.54, 1.807) is 0 Å². The lowest BCUT2D eigenvalue weighted by molar-refractivity contribution is -0.137. The van der Waals surface area contributed by atoms with Crippen LogP contribution in [0.2, 0.25) is 0 Å². The van der Waals surface area contributed by atoms with Gasteiger partial charge in [0.25, 0.3) is 0 Å². The van der Waals surface area contributed by atoms with Crippen molar-refractivity contribution >= 4 is 5.78 Å². The molecule has 0 N–H and O–H groups in total. The lowest BCUT2D eigenvalue weighted by atomic mass is 10.0. The predicted octanol–water partition coefficient (Wildman–Crippen LogP) is 4.08. The van der Waals surface area contributed by atoms with Crippen LogP contribution in [-0.4, -0.2) is 5.78 Å². The molecule has 0 saturated heterocycles. The largest absolute Gasteiger partial charge is 0.416 e. The van der Waals surface area contributed by atoms with Crippen molar-refractivity contribution < 1.29 is 18.0 Å². The maximum absolute atomic E-state index is 12.2. The second-order valence-electron chi connectivity index (χ2n) is 3.60. The number of carbonyl (C=O) groups is 1. The minimum absolute atomic E-state index is 0.101. The molecule has 0 radical (unpaired) electrons. The van der Waals surface area contributed by atoms with Crippen LogP contribution in [-0.2, 0) is 6.18 Å². The van der Waals surface area contributed by atoms with E-state index in [-0.39, 0.29) is 5.78 Å². The first kappa shape index (κ1) is 12.7. The second kappa shape index (κ2) is 5.14. The van der Waals surface area contributed by atoms with E-state index in [4.69, 9.17) is 0 Å². The van der Waals surface area contributed by atoms with Gasteiger partial charge in [-0.3, -0.25) is 4.79 Å². The van der Waals surface area contributed by atoms with Crippen LogP contribution in [0.4, 0.5) is 13.2 Å². The molecule has 1 aromatic carbocycles. The predicted molar refractivity (Wildman–Crippen MR) is 55.3 cm³/mol.